The summed E-state index contributed by atoms with van der Waals surface area (Å²) in [5.41, 5.74) is 0.700. The molecule has 0 unspecified atom stereocenters. The van der Waals surface area contributed by atoms with E-state index in [2.05, 4.69) is 6.92 Å². The third kappa shape index (κ3) is 3.38. The first-order valence-corrected chi connectivity index (χ1v) is 5.68. The summed E-state index contributed by atoms with van der Waals surface area (Å²) < 4.78 is 5.50. The largest absolute Gasteiger partial charge is 0.493 e. The first-order valence-electron chi connectivity index (χ1n) is 5.15. The maximum Gasteiger partial charge on any atom is 0.270 e. The normalized spacial score (nSPS) is 10.1. The minimum absolute atomic E-state index is 0.0403. The molecule has 4 nitrogen and oxygen atoms in total. The minimum Gasteiger partial charge on any atom is -0.493 e. The number of nitrogens with zero attached hydrogens (tertiary/aromatic N) is 1. The summed E-state index contributed by atoms with van der Waals surface area (Å²) in [5, 5.41) is 10.6. The monoisotopic (exact) mass is 243 g/mol. The molecule has 0 spiro atoms. The molecule has 0 aliphatic heterocycles. The number of nitro groups is 1. The van der Waals surface area contributed by atoms with Crippen LogP contribution in [0.4, 0.5) is 5.69 Å². The number of benzene rings is 1. The minimum atomic E-state index is -0.439. The van der Waals surface area contributed by atoms with Crippen molar-refractivity contribution >= 4 is 17.3 Å². The molecule has 0 saturated heterocycles. The van der Waals surface area contributed by atoms with Gasteiger partial charge in [-0.2, -0.15) is 0 Å². The van der Waals surface area contributed by atoms with Gasteiger partial charge in [0.25, 0.3) is 5.69 Å². The van der Waals surface area contributed by atoms with Crippen LogP contribution in [0.5, 0.6) is 5.75 Å². The number of halogens is 1. The average molecular weight is 244 g/mol. The van der Waals surface area contributed by atoms with E-state index in [1.807, 2.05) is 0 Å². The van der Waals surface area contributed by atoms with Crippen LogP contribution in [0.15, 0.2) is 18.2 Å². The van der Waals surface area contributed by atoms with Crippen molar-refractivity contribution in [2.24, 2.45) is 0 Å². The third-order valence-corrected chi connectivity index (χ3v) is 2.44. The highest BCUT2D eigenvalue weighted by Gasteiger charge is 2.10. The number of rotatable bonds is 6. The van der Waals surface area contributed by atoms with Crippen LogP contribution in [0.25, 0.3) is 0 Å². The van der Waals surface area contributed by atoms with Crippen LogP contribution in [-0.4, -0.2) is 11.5 Å². The van der Waals surface area contributed by atoms with Crippen molar-refractivity contribution in [3.05, 3.63) is 33.9 Å². The van der Waals surface area contributed by atoms with Gasteiger partial charge in [0.05, 0.1) is 17.4 Å². The lowest BCUT2D eigenvalue weighted by molar-refractivity contribution is -0.384. The number of nitro benzene ring substituents is 1. The van der Waals surface area contributed by atoms with Gasteiger partial charge in [0, 0.05) is 17.7 Å². The van der Waals surface area contributed by atoms with Gasteiger partial charge in [0.1, 0.15) is 5.75 Å². The number of hydrogen-bond acceptors (Lipinski definition) is 3. The Hall–Kier alpha value is -1.29. The summed E-state index contributed by atoms with van der Waals surface area (Å²) in [6.07, 6.45) is 2.00. The summed E-state index contributed by atoms with van der Waals surface area (Å²) >= 11 is 5.72. The van der Waals surface area contributed by atoms with E-state index in [4.69, 9.17) is 16.3 Å². The molecule has 1 aromatic carbocycles. The lowest BCUT2D eigenvalue weighted by Crippen LogP contribution is -2.00. The zero-order chi connectivity index (χ0) is 12.0. The fourth-order valence-electron chi connectivity index (χ4n) is 1.25. The quantitative estimate of drug-likeness (QED) is 0.332. The number of non-ortho nitro benzene ring substituents is 1. The second-order valence-electron chi connectivity index (χ2n) is 3.38. The predicted octanol–water partition coefficient (Wildman–Crippen LogP) is 3.51. The highest BCUT2D eigenvalue weighted by Crippen LogP contribution is 2.25. The summed E-state index contributed by atoms with van der Waals surface area (Å²) in [7, 11) is 0. The van der Waals surface area contributed by atoms with E-state index >= 15 is 0 Å². The fourth-order valence-corrected chi connectivity index (χ4v) is 1.46. The van der Waals surface area contributed by atoms with Gasteiger partial charge in [-0.25, -0.2) is 0 Å². The van der Waals surface area contributed by atoms with Crippen LogP contribution in [0.3, 0.4) is 0 Å². The Morgan fingerprint density at radius 2 is 2.25 bits per heavy atom. The van der Waals surface area contributed by atoms with E-state index in [0.717, 1.165) is 12.8 Å². The van der Waals surface area contributed by atoms with Crippen LogP contribution in [0.1, 0.15) is 25.3 Å². The van der Waals surface area contributed by atoms with Crippen LogP contribution in [-0.2, 0) is 5.88 Å². The molecule has 88 valence electrons. The summed E-state index contributed by atoms with van der Waals surface area (Å²) in [4.78, 5) is 10.1. The highest BCUT2D eigenvalue weighted by molar-refractivity contribution is 6.17. The molecule has 0 N–H and O–H groups in total. The zero-order valence-corrected chi connectivity index (χ0v) is 9.87. The van der Waals surface area contributed by atoms with Gasteiger partial charge in [0.15, 0.2) is 0 Å². The Balaban J connectivity index is 2.80. The number of hydrogen-bond donors (Lipinski definition) is 0. The first kappa shape index (κ1) is 12.8. The van der Waals surface area contributed by atoms with Crippen molar-refractivity contribution in [2.75, 3.05) is 6.61 Å². The van der Waals surface area contributed by atoms with Crippen LogP contribution >= 0.6 is 11.6 Å². The second kappa shape index (κ2) is 6.33. The van der Waals surface area contributed by atoms with E-state index in [-0.39, 0.29) is 11.6 Å². The molecule has 0 aromatic heterocycles. The van der Waals surface area contributed by atoms with Crippen LogP contribution in [0.2, 0.25) is 0 Å². The van der Waals surface area contributed by atoms with E-state index in [1.54, 1.807) is 6.07 Å². The standard InChI is InChI=1S/C11H14ClNO3/c1-2-3-6-16-11-5-4-10(13(14)15)7-9(11)8-12/h4-5,7H,2-3,6,8H2,1H3. The maximum atomic E-state index is 10.6. The molecule has 1 rings (SSSR count). The predicted molar refractivity (Wildman–Crippen MR) is 63.1 cm³/mol. The maximum absolute atomic E-state index is 10.6. The highest BCUT2D eigenvalue weighted by atomic mass is 35.5. The van der Waals surface area contributed by atoms with Gasteiger partial charge in [-0.3, -0.25) is 10.1 Å². The van der Waals surface area contributed by atoms with Gasteiger partial charge < -0.3 is 4.74 Å². The molecule has 0 aliphatic rings. The molecule has 0 bridgehead atoms. The van der Waals surface area contributed by atoms with E-state index < -0.39 is 4.92 Å². The molecule has 0 aliphatic carbocycles. The molecular weight excluding hydrogens is 230 g/mol. The van der Waals surface area contributed by atoms with Gasteiger partial charge >= 0.3 is 0 Å². The number of ether oxygens (including phenoxy) is 1. The van der Waals surface area contributed by atoms with Crippen molar-refractivity contribution < 1.29 is 9.66 Å². The van der Waals surface area contributed by atoms with Gasteiger partial charge in [-0.1, -0.05) is 13.3 Å². The lowest BCUT2D eigenvalue weighted by atomic mass is 10.2. The molecular formula is C11H14ClNO3. The molecule has 0 saturated carbocycles. The SMILES string of the molecule is CCCCOc1ccc([N+](=O)[O-])cc1CCl. The Morgan fingerprint density at radius 3 is 2.81 bits per heavy atom. The van der Waals surface area contributed by atoms with Crippen molar-refractivity contribution in [2.45, 2.75) is 25.6 Å². The van der Waals surface area contributed by atoms with Gasteiger partial charge in [0.2, 0.25) is 0 Å². The molecule has 0 heterocycles. The molecule has 1 aromatic rings. The fraction of sp³-hybridized carbons (Fsp3) is 0.455. The second-order valence-corrected chi connectivity index (χ2v) is 3.65. The van der Waals surface area contributed by atoms with E-state index in [1.165, 1.54) is 12.1 Å². The Bertz CT molecular complexity index is 368. The summed E-state index contributed by atoms with van der Waals surface area (Å²) in [6.45, 7) is 2.68. The zero-order valence-electron chi connectivity index (χ0n) is 9.11. The topological polar surface area (TPSA) is 52.4 Å². The van der Waals surface area contributed by atoms with Crippen molar-refractivity contribution in [1.29, 1.82) is 0 Å². The number of unbranched alkanes of at least 4 members (excludes halogenated alkanes) is 1. The average Bonchev–Trinajstić information content (AvgIpc) is 2.29. The van der Waals surface area contributed by atoms with Crippen molar-refractivity contribution in [3.8, 4) is 5.75 Å². The molecule has 16 heavy (non-hydrogen) atoms. The van der Waals surface area contributed by atoms with Crippen LogP contribution < -0.4 is 4.74 Å². The molecule has 0 radical (unpaired) electrons. The molecule has 0 fully saturated rings. The summed E-state index contributed by atoms with van der Waals surface area (Å²) in [5.74, 6) is 0.845. The van der Waals surface area contributed by atoms with Gasteiger partial charge in [-0.05, 0) is 12.5 Å². The Morgan fingerprint density at radius 1 is 1.50 bits per heavy atom. The molecule has 5 heteroatoms. The third-order valence-electron chi connectivity index (χ3n) is 2.15. The van der Waals surface area contributed by atoms with Crippen molar-refractivity contribution in [1.82, 2.24) is 0 Å². The van der Waals surface area contributed by atoms with Gasteiger partial charge in [-0.15, -0.1) is 11.6 Å². The van der Waals surface area contributed by atoms with Crippen molar-refractivity contribution in [3.63, 3.8) is 0 Å². The van der Waals surface area contributed by atoms with E-state index in [9.17, 15) is 10.1 Å². The lowest BCUT2D eigenvalue weighted by Gasteiger charge is -2.08. The van der Waals surface area contributed by atoms with E-state index in [0.29, 0.717) is 17.9 Å². The molecule has 0 amide bonds. The number of alkyl halides is 1. The Labute approximate surface area is 99.3 Å². The summed E-state index contributed by atoms with van der Waals surface area (Å²) in [6, 6.07) is 4.48. The molecule has 0 atom stereocenters. The smallest absolute Gasteiger partial charge is 0.270 e. The van der Waals surface area contributed by atoms with Crippen LogP contribution in [0, 0.1) is 10.1 Å². The first-order chi connectivity index (χ1) is 7.69. The Kier molecular flexibility index (Phi) is 5.05.